The van der Waals surface area contributed by atoms with Gasteiger partial charge in [0.25, 0.3) is 5.91 Å². The quantitative estimate of drug-likeness (QED) is 0.834. The van der Waals surface area contributed by atoms with Gasteiger partial charge >= 0.3 is 0 Å². The Hall–Kier alpha value is -1.99. The van der Waals surface area contributed by atoms with Gasteiger partial charge in [0.05, 0.1) is 18.0 Å². The van der Waals surface area contributed by atoms with Gasteiger partial charge in [-0.15, -0.1) is 11.3 Å². The predicted molar refractivity (Wildman–Crippen MR) is 102 cm³/mol. The van der Waals surface area contributed by atoms with E-state index in [2.05, 4.69) is 5.32 Å². The van der Waals surface area contributed by atoms with Crippen molar-refractivity contribution in [3.8, 4) is 0 Å². The zero-order valence-electron chi connectivity index (χ0n) is 15.8. The van der Waals surface area contributed by atoms with Crippen molar-refractivity contribution in [2.45, 2.75) is 39.8 Å². The summed E-state index contributed by atoms with van der Waals surface area (Å²) in [7, 11) is 1.51. The molecular weight excluding hydrogens is 355 g/mol. The first kappa shape index (κ1) is 20.3. The van der Waals surface area contributed by atoms with Crippen molar-refractivity contribution >= 4 is 33.2 Å². The molecule has 1 aromatic carbocycles. The minimum Gasteiger partial charge on any atom is -0.380 e. The van der Waals surface area contributed by atoms with Crippen LogP contribution in [-0.2, 0) is 16.1 Å². The maximum Gasteiger partial charge on any atom is 0.264 e. The van der Waals surface area contributed by atoms with Crippen molar-refractivity contribution < 1.29 is 18.7 Å². The fourth-order valence-electron chi connectivity index (χ4n) is 2.72. The van der Waals surface area contributed by atoms with E-state index in [9.17, 15) is 14.0 Å². The number of nitrogens with zero attached hydrogens (tertiary/aromatic N) is 1. The molecule has 1 aromatic heterocycles. The number of hydrogen-bond donors (Lipinski definition) is 1. The van der Waals surface area contributed by atoms with Crippen molar-refractivity contribution in [2.24, 2.45) is 0 Å². The van der Waals surface area contributed by atoms with Crippen LogP contribution in [0.2, 0.25) is 0 Å². The van der Waals surface area contributed by atoms with E-state index in [1.807, 2.05) is 27.7 Å². The number of amides is 2. The SMILES string of the molecule is CCN(CC(=O)NC(C)(C)C)C(=O)c1sc2cccc(F)c2c1COC. The van der Waals surface area contributed by atoms with Crippen LogP contribution in [0.1, 0.15) is 42.9 Å². The van der Waals surface area contributed by atoms with Gasteiger partial charge in [-0.25, -0.2) is 4.39 Å². The fourth-order valence-corrected chi connectivity index (χ4v) is 3.91. The molecule has 0 bridgehead atoms. The average molecular weight is 380 g/mol. The standard InChI is InChI=1S/C19H25FN2O3S/c1-6-22(10-15(23)21-19(2,3)4)18(24)17-12(11-25-5)16-13(20)8-7-9-14(16)26-17/h7-9H,6,10-11H2,1-5H3,(H,21,23). The number of rotatable bonds is 6. The van der Waals surface area contributed by atoms with Crippen LogP contribution in [0, 0.1) is 5.82 Å². The Morgan fingerprint density at radius 2 is 2.00 bits per heavy atom. The molecule has 7 heteroatoms. The number of likely N-dealkylation sites (N-methyl/N-ethyl adjacent to an activating group) is 1. The summed E-state index contributed by atoms with van der Waals surface area (Å²) in [4.78, 5) is 27.1. The molecule has 0 spiro atoms. The van der Waals surface area contributed by atoms with Crippen molar-refractivity contribution in [2.75, 3.05) is 20.2 Å². The summed E-state index contributed by atoms with van der Waals surface area (Å²) in [6, 6.07) is 4.77. The van der Waals surface area contributed by atoms with Crippen LogP contribution in [0.5, 0.6) is 0 Å². The first-order chi connectivity index (χ1) is 12.2. The van der Waals surface area contributed by atoms with Crippen LogP contribution in [0.15, 0.2) is 18.2 Å². The van der Waals surface area contributed by atoms with E-state index in [-0.39, 0.29) is 36.3 Å². The van der Waals surface area contributed by atoms with Gasteiger partial charge in [0.2, 0.25) is 5.91 Å². The van der Waals surface area contributed by atoms with Gasteiger partial charge in [-0.05, 0) is 39.8 Å². The van der Waals surface area contributed by atoms with Gasteiger partial charge in [-0.1, -0.05) is 6.07 Å². The van der Waals surface area contributed by atoms with Gasteiger partial charge in [0.1, 0.15) is 5.82 Å². The summed E-state index contributed by atoms with van der Waals surface area (Å²) in [5, 5.41) is 3.27. The number of fused-ring (bicyclic) bond motifs is 1. The zero-order chi connectivity index (χ0) is 19.5. The lowest BCUT2D eigenvalue weighted by atomic mass is 10.1. The first-order valence-electron chi connectivity index (χ1n) is 8.47. The van der Waals surface area contributed by atoms with Gasteiger partial charge in [0, 0.05) is 34.8 Å². The number of hydrogen-bond acceptors (Lipinski definition) is 4. The summed E-state index contributed by atoms with van der Waals surface area (Å²) in [6.45, 7) is 7.92. The highest BCUT2D eigenvalue weighted by molar-refractivity contribution is 7.21. The molecule has 26 heavy (non-hydrogen) atoms. The summed E-state index contributed by atoms with van der Waals surface area (Å²) in [5.41, 5.74) is 0.159. The minimum atomic E-state index is -0.377. The van der Waals surface area contributed by atoms with Crippen molar-refractivity contribution in [1.82, 2.24) is 10.2 Å². The third kappa shape index (κ3) is 4.59. The first-order valence-corrected chi connectivity index (χ1v) is 9.28. The molecule has 2 rings (SSSR count). The van der Waals surface area contributed by atoms with Gasteiger partial charge < -0.3 is 15.0 Å². The third-order valence-corrected chi connectivity index (χ3v) is 4.95. The van der Waals surface area contributed by atoms with Crippen LogP contribution in [0.3, 0.4) is 0 Å². The Labute approximate surface area is 157 Å². The molecule has 2 aromatic rings. The molecule has 0 aliphatic carbocycles. The molecular formula is C19H25FN2O3S. The molecule has 0 radical (unpaired) electrons. The molecule has 0 atom stereocenters. The monoisotopic (exact) mass is 380 g/mol. The lowest BCUT2D eigenvalue weighted by molar-refractivity contribution is -0.123. The van der Waals surface area contributed by atoms with Crippen LogP contribution < -0.4 is 5.32 Å². The molecule has 1 N–H and O–H groups in total. The Morgan fingerprint density at radius 3 is 2.58 bits per heavy atom. The number of benzene rings is 1. The van der Waals surface area contributed by atoms with E-state index in [0.717, 1.165) is 0 Å². The van der Waals surface area contributed by atoms with Crippen LogP contribution >= 0.6 is 11.3 Å². The maximum atomic E-state index is 14.3. The van der Waals surface area contributed by atoms with Crippen molar-refractivity contribution in [3.05, 3.63) is 34.5 Å². The average Bonchev–Trinajstić information content (AvgIpc) is 2.90. The third-order valence-electron chi connectivity index (χ3n) is 3.76. The van der Waals surface area contributed by atoms with E-state index < -0.39 is 0 Å². The molecule has 0 aliphatic heterocycles. The number of thiophene rings is 1. The molecule has 1 heterocycles. The number of methoxy groups -OCH3 is 1. The number of carbonyl (C=O) groups is 2. The van der Waals surface area contributed by atoms with Gasteiger partial charge in [0.15, 0.2) is 0 Å². The molecule has 2 amide bonds. The maximum absolute atomic E-state index is 14.3. The second-order valence-corrected chi connectivity index (χ2v) is 8.13. The van der Waals surface area contributed by atoms with E-state index >= 15 is 0 Å². The molecule has 0 fully saturated rings. The number of halogens is 1. The van der Waals surface area contributed by atoms with Crippen molar-refractivity contribution in [3.63, 3.8) is 0 Å². The molecule has 142 valence electrons. The topological polar surface area (TPSA) is 58.6 Å². The minimum absolute atomic E-state index is 0.0459. The summed E-state index contributed by atoms with van der Waals surface area (Å²) in [5.74, 6) is -0.893. The Balaban J connectivity index is 2.36. The number of nitrogens with one attached hydrogen (secondary N) is 1. The number of ether oxygens (including phenoxy) is 1. The highest BCUT2D eigenvalue weighted by atomic mass is 32.1. The van der Waals surface area contributed by atoms with E-state index in [1.54, 1.807) is 12.1 Å². The normalized spacial score (nSPS) is 11.6. The number of carbonyl (C=O) groups excluding carboxylic acids is 2. The zero-order valence-corrected chi connectivity index (χ0v) is 16.6. The molecule has 0 saturated heterocycles. The molecule has 0 unspecified atom stereocenters. The van der Waals surface area contributed by atoms with Crippen molar-refractivity contribution in [1.29, 1.82) is 0 Å². The Kier molecular flexibility index (Phi) is 6.36. The Morgan fingerprint density at radius 1 is 1.31 bits per heavy atom. The van der Waals surface area contributed by atoms with Gasteiger partial charge in [-0.3, -0.25) is 9.59 Å². The molecule has 0 aliphatic rings. The molecule has 5 nitrogen and oxygen atoms in total. The summed E-state index contributed by atoms with van der Waals surface area (Å²) < 4.78 is 20.2. The summed E-state index contributed by atoms with van der Waals surface area (Å²) >= 11 is 1.23. The van der Waals surface area contributed by atoms with Crippen LogP contribution in [-0.4, -0.2) is 42.5 Å². The summed E-state index contributed by atoms with van der Waals surface area (Å²) in [6.07, 6.45) is 0. The lowest BCUT2D eigenvalue weighted by Crippen LogP contribution is -2.47. The highest BCUT2D eigenvalue weighted by Gasteiger charge is 2.26. The van der Waals surface area contributed by atoms with Crippen LogP contribution in [0.4, 0.5) is 4.39 Å². The Bertz CT molecular complexity index is 811. The fraction of sp³-hybridized carbons (Fsp3) is 0.474. The van der Waals surface area contributed by atoms with E-state index in [0.29, 0.717) is 27.1 Å². The lowest BCUT2D eigenvalue weighted by Gasteiger charge is -2.25. The second-order valence-electron chi connectivity index (χ2n) is 7.07. The largest absolute Gasteiger partial charge is 0.380 e. The van der Waals surface area contributed by atoms with Crippen LogP contribution in [0.25, 0.3) is 10.1 Å². The predicted octanol–water partition coefficient (Wildman–Crippen LogP) is 3.56. The highest BCUT2D eigenvalue weighted by Crippen LogP contribution is 2.34. The van der Waals surface area contributed by atoms with Gasteiger partial charge in [-0.2, -0.15) is 0 Å². The smallest absolute Gasteiger partial charge is 0.264 e. The van der Waals surface area contributed by atoms with E-state index in [1.165, 1.54) is 29.4 Å². The van der Waals surface area contributed by atoms with E-state index in [4.69, 9.17) is 4.74 Å². The second kappa shape index (κ2) is 8.14. The molecule has 0 saturated carbocycles.